The van der Waals surface area contributed by atoms with Crippen LogP contribution in [0, 0.1) is 0 Å². The van der Waals surface area contributed by atoms with Crippen molar-refractivity contribution < 1.29 is 9.59 Å². The molecule has 1 atom stereocenters. The van der Waals surface area contributed by atoms with Gasteiger partial charge >= 0.3 is 0 Å². The first kappa shape index (κ1) is 22.7. The van der Waals surface area contributed by atoms with Gasteiger partial charge in [0.25, 0.3) is 5.91 Å². The Kier molecular flexibility index (Phi) is 4.95. The van der Waals surface area contributed by atoms with Crippen molar-refractivity contribution in [2.24, 2.45) is 0 Å². The molecule has 38 heavy (non-hydrogen) atoms. The quantitative estimate of drug-likeness (QED) is 0.491. The maximum atomic E-state index is 13.4. The van der Waals surface area contributed by atoms with Gasteiger partial charge in [0.1, 0.15) is 11.6 Å². The van der Waals surface area contributed by atoms with Crippen LogP contribution < -0.4 is 16.2 Å². The van der Waals surface area contributed by atoms with Crippen LogP contribution in [-0.2, 0) is 23.1 Å². The van der Waals surface area contributed by atoms with Crippen molar-refractivity contribution >= 4 is 29.1 Å². The summed E-state index contributed by atoms with van der Waals surface area (Å²) in [6.07, 6.45) is 7.74. The molecule has 2 amide bonds. The molecule has 7 rings (SSSR count). The average Bonchev–Trinajstić information content (AvgIpc) is 3.57. The molecule has 3 aromatic rings. The summed E-state index contributed by atoms with van der Waals surface area (Å²) in [7, 11) is 0. The summed E-state index contributed by atoms with van der Waals surface area (Å²) in [6, 6.07) is 12.9. The third-order valence-corrected chi connectivity index (χ3v) is 8.27. The Labute approximate surface area is 219 Å². The van der Waals surface area contributed by atoms with Crippen molar-refractivity contribution in [1.29, 1.82) is 0 Å². The van der Waals surface area contributed by atoms with Gasteiger partial charge in [-0.2, -0.15) is 0 Å². The van der Waals surface area contributed by atoms with Crippen molar-refractivity contribution in [3.63, 3.8) is 0 Å². The normalized spacial score (nSPS) is 21.2. The Balaban J connectivity index is 1.14. The Morgan fingerprint density at radius 1 is 1.05 bits per heavy atom. The lowest BCUT2D eigenvalue weighted by Gasteiger charge is -2.23. The second-order valence-electron chi connectivity index (χ2n) is 10.7. The zero-order chi connectivity index (χ0) is 26.0. The lowest BCUT2D eigenvalue weighted by Crippen LogP contribution is -2.35. The number of allylic oxidation sites excluding steroid dienone is 3. The van der Waals surface area contributed by atoms with Crippen LogP contribution in [0.3, 0.4) is 0 Å². The molecule has 1 unspecified atom stereocenters. The van der Waals surface area contributed by atoms with Crippen molar-refractivity contribution in [3.05, 3.63) is 104 Å². The molecule has 0 bridgehead atoms. The Bertz CT molecular complexity index is 1670. The predicted octanol–water partition coefficient (Wildman–Crippen LogP) is 4.34. The number of nitrogens with one attached hydrogen (secondary N) is 3. The number of hydrogen-bond acceptors (Lipinski definition) is 5. The van der Waals surface area contributed by atoms with Crippen molar-refractivity contribution in [2.45, 2.75) is 44.4 Å². The van der Waals surface area contributed by atoms with E-state index in [0.29, 0.717) is 36.6 Å². The number of aromatic nitrogens is 2. The Morgan fingerprint density at radius 2 is 1.92 bits per heavy atom. The van der Waals surface area contributed by atoms with Gasteiger partial charge in [0.05, 0.1) is 5.41 Å². The van der Waals surface area contributed by atoms with E-state index in [9.17, 15) is 14.4 Å². The Morgan fingerprint density at radius 3 is 2.82 bits per heavy atom. The molecule has 2 aliphatic heterocycles. The SMILES string of the molecule is CC1=CC2=C(CC1)N(C(=O)c1cc(Nc3ccc4c(c3)CC3(C4)C(=O)Nc4ncccc43)[nH]c(=O)c1)CC2. The van der Waals surface area contributed by atoms with E-state index in [-0.39, 0.29) is 17.4 Å². The number of pyridine rings is 2. The van der Waals surface area contributed by atoms with Gasteiger partial charge in [0.15, 0.2) is 0 Å². The van der Waals surface area contributed by atoms with Crippen molar-refractivity contribution in [3.8, 4) is 0 Å². The molecule has 3 N–H and O–H groups in total. The molecular formula is C30H27N5O3. The van der Waals surface area contributed by atoms with Gasteiger partial charge < -0.3 is 20.5 Å². The molecule has 8 heteroatoms. The number of rotatable bonds is 3. The van der Waals surface area contributed by atoms with E-state index in [1.807, 2.05) is 35.2 Å². The number of anilines is 3. The first-order chi connectivity index (χ1) is 18.4. The van der Waals surface area contributed by atoms with Gasteiger partial charge in [-0.15, -0.1) is 0 Å². The largest absolute Gasteiger partial charge is 0.342 e. The third kappa shape index (κ3) is 3.51. The third-order valence-electron chi connectivity index (χ3n) is 8.27. The highest BCUT2D eigenvalue weighted by Gasteiger charge is 2.51. The standard InChI is InChI=1S/C30H27N5O3/c1-17-4-7-24-18(11-17)8-10-35(24)28(37)20-13-25(33-26(36)14-20)32-22-6-5-19-15-30(16-21(19)12-22)23-3-2-9-31-27(23)34-29(30)38/h2-3,5-6,9,11-14H,4,7-8,10,15-16H2,1H3,(H,31,34,38)(H2,32,33,36). The van der Waals surface area contributed by atoms with E-state index in [4.69, 9.17) is 0 Å². The second-order valence-corrected chi connectivity index (χ2v) is 10.7. The van der Waals surface area contributed by atoms with Crippen LogP contribution in [0.4, 0.5) is 17.3 Å². The molecule has 190 valence electrons. The molecule has 1 spiro atoms. The number of amides is 2. The lowest BCUT2D eigenvalue weighted by atomic mass is 9.79. The second kappa shape index (κ2) is 8.28. The van der Waals surface area contributed by atoms with Crippen LogP contribution in [0.2, 0.25) is 0 Å². The van der Waals surface area contributed by atoms with E-state index >= 15 is 0 Å². The highest BCUT2D eigenvalue weighted by Crippen LogP contribution is 2.47. The van der Waals surface area contributed by atoms with Gasteiger partial charge in [0, 0.05) is 41.3 Å². The average molecular weight is 506 g/mol. The van der Waals surface area contributed by atoms with Crippen LogP contribution in [-0.4, -0.2) is 33.2 Å². The van der Waals surface area contributed by atoms with Crippen LogP contribution in [0.25, 0.3) is 0 Å². The topological polar surface area (TPSA) is 107 Å². The predicted molar refractivity (Wildman–Crippen MR) is 144 cm³/mol. The summed E-state index contributed by atoms with van der Waals surface area (Å²) in [5.41, 5.74) is 6.97. The molecule has 0 radical (unpaired) electrons. The minimum atomic E-state index is -0.638. The minimum absolute atomic E-state index is 0.0174. The number of aromatic amines is 1. The van der Waals surface area contributed by atoms with Crippen molar-refractivity contribution in [1.82, 2.24) is 14.9 Å². The number of nitrogens with zero attached hydrogens (tertiary/aromatic N) is 2. The molecule has 0 saturated heterocycles. The molecule has 0 saturated carbocycles. The summed E-state index contributed by atoms with van der Waals surface area (Å²) < 4.78 is 0. The van der Waals surface area contributed by atoms with Crippen molar-refractivity contribution in [2.75, 3.05) is 17.2 Å². The molecule has 2 aliphatic carbocycles. The van der Waals surface area contributed by atoms with Gasteiger partial charge in [-0.1, -0.05) is 23.8 Å². The maximum absolute atomic E-state index is 13.4. The maximum Gasteiger partial charge on any atom is 0.258 e. The number of H-pyrrole nitrogens is 1. The lowest BCUT2D eigenvalue weighted by molar-refractivity contribution is -0.120. The zero-order valence-electron chi connectivity index (χ0n) is 21.1. The van der Waals surface area contributed by atoms with E-state index in [0.717, 1.165) is 47.3 Å². The van der Waals surface area contributed by atoms with E-state index in [2.05, 4.69) is 33.6 Å². The molecular weight excluding hydrogens is 478 g/mol. The highest BCUT2D eigenvalue weighted by molar-refractivity contribution is 6.06. The summed E-state index contributed by atoms with van der Waals surface area (Å²) in [5, 5.41) is 6.21. The number of fused-ring (bicyclic) bond motifs is 3. The fraction of sp³-hybridized carbons (Fsp3) is 0.267. The van der Waals surface area contributed by atoms with E-state index in [1.54, 1.807) is 12.3 Å². The summed E-state index contributed by atoms with van der Waals surface area (Å²) in [5.74, 6) is 0.932. The summed E-state index contributed by atoms with van der Waals surface area (Å²) in [4.78, 5) is 47.9. The van der Waals surface area contributed by atoms with Gasteiger partial charge in [-0.25, -0.2) is 4.98 Å². The number of carbonyl (C=O) groups excluding carboxylic acids is 2. The van der Waals surface area contributed by atoms with Gasteiger partial charge in [-0.05, 0) is 80.0 Å². The molecule has 2 aromatic heterocycles. The number of benzene rings is 1. The first-order valence-corrected chi connectivity index (χ1v) is 13.0. The molecule has 4 aliphatic rings. The molecule has 0 fully saturated rings. The van der Waals surface area contributed by atoms with Crippen LogP contribution in [0.1, 0.15) is 53.2 Å². The summed E-state index contributed by atoms with van der Waals surface area (Å²) >= 11 is 0. The highest BCUT2D eigenvalue weighted by atomic mass is 16.2. The number of carbonyl (C=O) groups is 2. The summed E-state index contributed by atoms with van der Waals surface area (Å²) in [6.45, 7) is 2.77. The zero-order valence-corrected chi connectivity index (χ0v) is 21.1. The van der Waals surface area contributed by atoms with Gasteiger partial charge in [-0.3, -0.25) is 14.4 Å². The fourth-order valence-electron chi connectivity index (χ4n) is 6.44. The van der Waals surface area contributed by atoms with Crippen LogP contribution in [0.15, 0.2) is 76.4 Å². The molecule has 8 nitrogen and oxygen atoms in total. The monoisotopic (exact) mass is 505 g/mol. The first-order valence-electron chi connectivity index (χ1n) is 13.0. The molecule has 4 heterocycles. The number of hydrogen-bond donors (Lipinski definition) is 3. The van der Waals surface area contributed by atoms with Crippen LogP contribution in [0.5, 0.6) is 0 Å². The fourth-order valence-corrected chi connectivity index (χ4v) is 6.44. The van der Waals surface area contributed by atoms with Crippen LogP contribution >= 0.6 is 0 Å². The van der Waals surface area contributed by atoms with E-state index < -0.39 is 5.41 Å². The van der Waals surface area contributed by atoms with E-state index in [1.165, 1.54) is 17.2 Å². The Hall–Kier alpha value is -4.46. The van der Waals surface area contributed by atoms with Gasteiger partial charge in [0.2, 0.25) is 11.5 Å². The minimum Gasteiger partial charge on any atom is -0.342 e. The molecule has 1 aromatic carbocycles. The smallest absolute Gasteiger partial charge is 0.258 e.